The largest absolute Gasteiger partial charge is 0.419 e. The van der Waals surface area contributed by atoms with Crippen LogP contribution in [0.25, 0.3) is 33.3 Å². The highest BCUT2D eigenvalue weighted by Gasteiger charge is 2.34. The number of nitrogens with zero attached hydrogens (tertiary/aromatic N) is 4. The van der Waals surface area contributed by atoms with Crippen molar-refractivity contribution in [2.75, 3.05) is 0 Å². The van der Waals surface area contributed by atoms with E-state index in [4.69, 9.17) is 16.0 Å². The van der Waals surface area contributed by atoms with Crippen LogP contribution in [0.1, 0.15) is 18.7 Å². The van der Waals surface area contributed by atoms with Crippen molar-refractivity contribution in [3.63, 3.8) is 0 Å². The molecule has 2 aromatic heterocycles. The van der Waals surface area contributed by atoms with Gasteiger partial charge in [-0.05, 0) is 61.4 Å². The fourth-order valence-corrected chi connectivity index (χ4v) is 4.58. The first-order chi connectivity index (χ1) is 17.1. The highest BCUT2D eigenvalue weighted by atomic mass is 35.5. The second-order valence-corrected chi connectivity index (χ2v) is 9.15. The first kappa shape index (κ1) is 21.6. The molecular formula is C27H21ClN4O3. The number of hydrogen-bond donors (Lipinski definition) is 0. The van der Waals surface area contributed by atoms with Crippen molar-refractivity contribution < 1.29 is 9.21 Å². The van der Waals surface area contributed by atoms with Crippen LogP contribution in [0.2, 0.25) is 5.02 Å². The van der Waals surface area contributed by atoms with Crippen molar-refractivity contribution in [3.8, 4) is 11.5 Å². The topological polar surface area (TPSA) is 81.2 Å². The fourth-order valence-electron chi connectivity index (χ4n) is 4.45. The number of fused-ring (bicyclic) bond motifs is 2. The number of aromatic nitrogens is 3. The van der Waals surface area contributed by atoms with E-state index >= 15 is 0 Å². The van der Waals surface area contributed by atoms with Gasteiger partial charge in [-0.1, -0.05) is 35.9 Å². The van der Waals surface area contributed by atoms with Crippen LogP contribution in [-0.2, 0) is 17.9 Å². The van der Waals surface area contributed by atoms with E-state index in [9.17, 15) is 9.59 Å². The summed E-state index contributed by atoms with van der Waals surface area (Å²) in [5.74, 6) is 0.708. The van der Waals surface area contributed by atoms with E-state index in [0.29, 0.717) is 27.6 Å². The molecular weight excluding hydrogens is 464 g/mol. The molecule has 0 aliphatic heterocycles. The van der Waals surface area contributed by atoms with Crippen LogP contribution in [0.3, 0.4) is 0 Å². The molecule has 1 amide bonds. The summed E-state index contributed by atoms with van der Waals surface area (Å²) in [6, 6.07) is 22.1. The molecule has 0 unspecified atom stereocenters. The van der Waals surface area contributed by atoms with Crippen LogP contribution in [0, 0.1) is 0 Å². The average molecular weight is 485 g/mol. The summed E-state index contributed by atoms with van der Waals surface area (Å²) >= 11 is 5.97. The Hall–Kier alpha value is -3.97. The quantitative estimate of drug-likeness (QED) is 0.315. The molecule has 0 N–H and O–H groups in total. The minimum absolute atomic E-state index is 0.0282. The molecule has 3 aromatic carbocycles. The predicted molar refractivity (Wildman–Crippen MR) is 134 cm³/mol. The molecule has 0 atom stereocenters. The fraction of sp³-hybridized carbons (Fsp3) is 0.185. The van der Waals surface area contributed by atoms with Gasteiger partial charge >= 0.3 is 0 Å². The Bertz CT molecular complexity index is 1560. The third-order valence-electron chi connectivity index (χ3n) is 6.34. The molecule has 0 saturated heterocycles. The van der Waals surface area contributed by atoms with Crippen molar-refractivity contribution in [3.05, 3.63) is 93.9 Å². The first-order valence-corrected chi connectivity index (χ1v) is 11.8. The van der Waals surface area contributed by atoms with Crippen LogP contribution in [0.15, 0.2) is 82.0 Å². The van der Waals surface area contributed by atoms with Gasteiger partial charge in [-0.25, -0.2) is 0 Å². The zero-order chi connectivity index (χ0) is 23.9. The van der Waals surface area contributed by atoms with Gasteiger partial charge in [0.2, 0.25) is 17.7 Å². The summed E-state index contributed by atoms with van der Waals surface area (Å²) in [6.07, 6.45) is 1.88. The van der Waals surface area contributed by atoms with E-state index in [1.54, 1.807) is 29.2 Å². The molecule has 1 fully saturated rings. The summed E-state index contributed by atoms with van der Waals surface area (Å²) in [4.78, 5) is 28.4. The van der Waals surface area contributed by atoms with E-state index in [1.807, 2.05) is 53.1 Å². The van der Waals surface area contributed by atoms with Gasteiger partial charge in [0.25, 0.3) is 0 Å². The second kappa shape index (κ2) is 8.67. The number of pyridine rings is 1. The monoisotopic (exact) mass is 484 g/mol. The van der Waals surface area contributed by atoms with Crippen LogP contribution in [0.4, 0.5) is 0 Å². The van der Waals surface area contributed by atoms with Crippen LogP contribution >= 0.6 is 11.6 Å². The highest BCUT2D eigenvalue weighted by molar-refractivity contribution is 6.30. The Morgan fingerprint density at radius 2 is 1.57 bits per heavy atom. The van der Waals surface area contributed by atoms with Crippen LogP contribution in [-0.4, -0.2) is 31.6 Å². The van der Waals surface area contributed by atoms with Gasteiger partial charge in [0.15, 0.2) is 5.43 Å². The van der Waals surface area contributed by atoms with Crippen LogP contribution in [0.5, 0.6) is 0 Å². The van der Waals surface area contributed by atoms with Gasteiger partial charge in [-0.3, -0.25) is 9.59 Å². The van der Waals surface area contributed by atoms with Gasteiger partial charge in [-0.2, -0.15) is 0 Å². The number of para-hydroxylation sites is 2. The maximum atomic E-state index is 13.6. The lowest BCUT2D eigenvalue weighted by atomic mass is 10.1. The summed E-state index contributed by atoms with van der Waals surface area (Å²) in [5, 5.41) is 10.1. The van der Waals surface area contributed by atoms with Crippen molar-refractivity contribution in [1.29, 1.82) is 0 Å². The smallest absolute Gasteiger partial charge is 0.247 e. The third kappa shape index (κ3) is 4.08. The molecule has 0 spiro atoms. The number of rotatable bonds is 6. The predicted octanol–water partition coefficient (Wildman–Crippen LogP) is 5.05. The molecule has 1 saturated carbocycles. The maximum absolute atomic E-state index is 13.6. The molecule has 0 bridgehead atoms. The molecule has 8 heteroatoms. The SMILES string of the molecule is O=C(Cn1c2ccccc2c(=O)c2ccccc21)N(Cc1nnc(-c2ccc(Cl)cc2)o1)C1CC1. The van der Waals surface area contributed by atoms with Gasteiger partial charge in [0.05, 0.1) is 17.6 Å². The van der Waals surface area contributed by atoms with Crippen molar-refractivity contribution in [2.45, 2.75) is 32.0 Å². The molecule has 5 aromatic rings. The summed E-state index contributed by atoms with van der Waals surface area (Å²) in [6.45, 7) is 0.343. The molecule has 174 valence electrons. The molecule has 1 aliphatic carbocycles. The number of hydrogen-bond acceptors (Lipinski definition) is 5. The lowest BCUT2D eigenvalue weighted by Gasteiger charge is -2.23. The first-order valence-electron chi connectivity index (χ1n) is 11.5. The Labute approximate surface area is 205 Å². The van der Waals surface area contributed by atoms with Crippen molar-refractivity contribution in [2.24, 2.45) is 0 Å². The summed E-state index contributed by atoms with van der Waals surface area (Å²) < 4.78 is 7.79. The van der Waals surface area contributed by atoms with E-state index in [-0.39, 0.29) is 30.5 Å². The molecule has 6 rings (SSSR count). The number of carbonyl (C=O) groups is 1. The lowest BCUT2D eigenvalue weighted by Crippen LogP contribution is -2.35. The number of carbonyl (C=O) groups excluding carboxylic acids is 1. The Morgan fingerprint density at radius 3 is 2.20 bits per heavy atom. The van der Waals surface area contributed by atoms with Crippen molar-refractivity contribution in [1.82, 2.24) is 19.7 Å². The number of amides is 1. The second-order valence-electron chi connectivity index (χ2n) is 8.71. The standard InChI is InChI=1S/C27H21ClN4O3/c28-18-11-9-17(10-12-18)27-30-29-24(35-27)15-31(19-13-14-19)25(33)16-32-22-7-3-1-5-20(22)26(34)21-6-2-4-8-23(21)32/h1-12,19H,13-16H2. The maximum Gasteiger partial charge on any atom is 0.247 e. The minimum atomic E-state index is -0.0577. The van der Waals surface area contributed by atoms with Gasteiger partial charge in [0, 0.05) is 27.4 Å². The number of benzene rings is 3. The number of halogens is 1. The van der Waals surface area contributed by atoms with E-state index in [1.165, 1.54) is 0 Å². The zero-order valence-electron chi connectivity index (χ0n) is 18.7. The summed E-state index contributed by atoms with van der Waals surface area (Å²) in [7, 11) is 0. The van der Waals surface area contributed by atoms with E-state index < -0.39 is 0 Å². The Balaban J connectivity index is 1.32. The van der Waals surface area contributed by atoms with E-state index in [2.05, 4.69) is 10.2 Å². The molecule has 35 heavy (non-hydrogen) atoms. The molecule has 0 radical (unpaired) electrons. The summed E-state index contributed by atoms with van der Waals surface area (Å²) in [5.41, 5.74) is 2.22. The molecule has 7 nitrogen and oxygen atoms in total. The van der Waals surface area contributed by atoms with Crippen molar-refractivity contribution >= 4 is 39.3 Å². The molecule has 1 aliphatic rings. The zero-order valence-corrected chi connectivity index (χ0v) is 19.5. The highest BCUT2D eigenvalue weighted by Crippen LogP contribution is 2.30. The average Bonchev–Trinajstić information content (AvgIpc) is 3.62. The Morgan fingerprint density at radius 1 is 0.943 bits per heavy atom. The van der Waals surface area contributed by atoms with Gasteiger partial charge in [-0.15, -0.1) is 10.2 Å². The lowest BCUT2D eigenvalue weighted by molar-refractivity contribution is -0.133. The normalized spacial score (nSPS) is 13.4. The minimum Gasteiger partial charge on any atom is -0.419 e. The van der Waals surface area contributed by atoms with Gasteiger partial charge < -0.3 is 13.9 Å². The Kier molecular flexibility index (Phi) is 5.34. The molecule has 2 heterocycles. The van der Waals surface area contributed by atoms with Gasteiger partial charge in [0.1, 0.15) is 6.54 Å². The third-order valence-corrected chi connectivity index (χ3v) is 6.60. The van der Waals surface area contributed by atoms with E-state index in [0.717, 1.165) is 29.4 Å². The van der Waals surface area contributed by atoms with Crippen LogP contribution < -0.4 is 5.43 Å².